The molecule has 1 saturated heterocycles. The molecule has 0 aromatic rings. The van der Waals surface area contributed by atoms with E-state index in [9.17, 15) is 0 Å². The quantitative estimate of drug-likeness (QED) is 0.317. The second-order valence-corrected chi connectivity index (χ2v) is 3.13. The Morgan fingerprint density at radius 2 is 1.21 bits per heavy atom. The molecule has 1 fully saturated rings. The Labute approximate surface area is 89.8 Å². The van der Waals surface area contributed by atoms with Gasteiger partial charge in [-0.05, 0) is 32.4 Å². The molecule has 0 aliphatic carbocycles. The Balaban J connectivity index is 2.00. The summed E-state index contributed by atoms with van der Waals surface area (Å²) in [6, 6.07) is 0. The second-order valence-electron chi connectivity index (χ2n) is 3.13. The average molecular weight is 187 g/mol. The van der Waals surface area contributed by atoms with E-state index in [1.54, 1.807) is 0 Å². The van der Waals surface area contributed by atoms with E-state index in [2.05, 4.69) is 35.7 Å². The van der Waals surface area contributed by atoms with Gasteiger partial charge < -0.3 is 20.9 Å². The van der Waals surface area contributed by atoms with Crippen LogP contribution in [-0.2, 0) is 0 Å². The topological polar surface area (TPSA) is 48.1 Å². The van der Waals surface area contributed by atoms with Crippen LogP contribution in [0.3, 0.4) is 0 Å². The molecule has 14 heavy (non-hydrogen) atoms. The molecule has 1 rings (SSSR count). The fourth-order valence-corrected chi connectivity index (χ4v) is 1.15. The predicted molar refractivity (Wildman–Crippen MR) is 64.5 cm³/mol. The molecule has 0 bridgehead atoms. The monoisotopic (exact) mass is 188 g/mol. The van der Waals surface area contributed by atoms with Crippen molar-refractivity contribution in [3.63, 3.8) is 0 Å². The smallest absolute Gasteiger partial charge is 0.219 e. The fourth-order valence-electron chi connectivity index (χ4n) is 1.15. The van der Waals surface area contributed by atoms with E-state index in [1.807, 2.05) is 14.8 Å². The molecule has 0 spiro atoms. The molecule has 4 nitrogen and oxygen atoms in total. The summed E-state index contributed by atoms with van der Waals surface area (Å²) < 4.78 is 0. The Morgan fingerprint density at radius 1 is 0.643 bits per heavy atom. The largest absolute Gasteiger partial charge is 0.366 e. The molecule has 0 atom stereocenters. The highest BCUT2D eigenvalue weighted by atomic mass is 14.8. The van der Waals surface area contributed by atoms with E-state index in [1.165, 1.54) is 0 Å². The Hall–Kier alpha value is 0.0997. The van der Waals surface area contributed by atoms with E-state index >= 15 is 0 Å². The average Bonchev–Trinajstić information content (AvgIpc) is 2.22. The third-order valence-corrected chi connectivity index (χ3v) is 1.90. The van der Waals surface area contributed by atoms with Gasteiger partial charge in [0.15, 0.2) is 14.8 Å². The van der Waals surface area contributed by atoms with Gasteiger partial charge in [-0.1, -0.05) is 6.22 Å². The standard InChI is InChI=1S/C6H16B4N4/c1-2-11-9-5-13-7-4-8-14-6-10-12-3-1/h11-14H,1-6H2. The van der Waals surface area contributed by atoms with E-state index in [0.717, 1.165) is 38.6 Å². The number of nitrogens with one attached hydrogen (secondary N) is 4. The first-order valence-corrected chi connectivity index (χ1v) is 5.20. The van der Waals surface area contributed by atoms with Gasteiger partial charge in [0.25, 0.3) is 0 Å². The Bertz CT molecular complexity index is 75.1. The van der Waals surface area contributed by atoms with Crippen molar-refractivity contribution in [3.8, 4) is 0 Å². The maximum atomic E-state index is 3.25. The molecule has 0 saturated carbocycles. The minimum atomic E-state index is 0.882. The Kier molecular flexibility index (Phi) is 8.39. The molecular formula is C6H16B4N4. The minimum absolute atomic E-state index is 0.882. The molecule has 1 aliphatic heterocycles. The molecule has 0 aromatic carbocycles. The summed E-state index contributed by atoms with van der Waals surface area (Å²) in [6.45, 7) is 2.06. The molecule has 1 heterocycles. The molecule has 0 aromatic heterocycles. The second kappa shape index (κ2) is 9.65. The highest BCUT2D eigenvalue weighted by Crippen LogP contribution is 1.73. The first kappa shape index (κ1) is 12.2. The zero-order valence-electron chi connectivity index (χ0n) is 8.55. The summed E-state index contributed by atoms with van der Waals surface area (Å²) in [5.74, 6) is 0. The molecule has 8 heteroatoms. The Morgan fingerprint density at radius 3 is 1.79 bits per heavy atom. The van der Waals surface area contributed by atoms with Crippen LogP contribution in [0.15, 0.2) is 0 Å². The van der Waals surface area contributed by atoms with Gasteiger partial charge in [0.05, 0.1) is 0 Å². The van der Waals surface area contributed by atoms with Crippen LogP contribution in [0.4, 0.5) is 0 Å². The fraction of sp³-hybridized carbons (Fsp3) is 1.00. The summed E-state index contributed by atoms with van der Waals surface area (Å²) in [5, 5.41) is 12.9. The highest BCUT2D eigenvalue weighted by Gasteiger charge is 1.97. The van der Waals surface area contributed by atoms with Crippen molar-refractivity contribution in [3.05, 3.63) is 0 Å². The maximum absolute atomic E-state index is 3.25. The van der Waals surface area contributed by atoms with Crippen molar-refractivity contribution in [1.82, 2.24) is 20.9 Å². The van der Waals surface area contributed by atoms with Crippen LogP contribution >= 0.6 is 0 Å². The third kappa shape index (κ3) is 7.50. The van der Waals surface area contributed by atoms with Crippen LogP contribution < -0.4 is 20.9 Å². The van der Waals surface area contributed by atoms with Crippen molar-refractivity contribution in [2.45, 2.75) is 12.6 Å². The summed E-state index contributed by atoms with van der Waals surface area (Å²) in [6.07, 6.45) is 3.84. The van der Waals surface area contributed by atoms with Gasteiger partial charge in [-0.15, -0.1) is 0 Å². The van der Waals surface area contributed by atoms with Gasteiger partial charge in [-0.25, -0.2) is 0 Å². The van der Waals surface area contributed by atoms with E-state index in [0.29, 0.717) is 0 Å². The van der Waals surface area contributed by atoms with E-state index in [-0.39, 0.29) is 0 Å². The highest BCUT2D eigenvalue weighted by molar-refractivity contribution is 6.54. The van der Waals surface area contributed by atoms with Gasteiger partial charge in [-0.2, -0.15) is 0 Å². The van der Waals surface area contributed by atoms with Crippen LogP contribution in [0.5, 0.6) is 0 Å². The molecule has 4 N–H and O–H groups in total. The predicted octanol–water partition coefficient (Wildman–Crippen LogP) is -2.48. The molecule has 4 radical (unpaired) electrons. The normalized spacial score (nSPS) is 21.7. The minimum Gasteiger partial charge on any atom is -0.366 e. The first-order valence-electron chi connectivity index (χ1n) is 5.20. The first-order chi connectivity index (χ1) is 7.00. The number of hydrogen-bond acceptors (Lipinski definition) is 4. The molecule has 72 valence electrons. The van der Waals surface area contributed by atoms with Crippen molar-refractivity contribution < 1.29 is 0 Å². The number of hydrogen-bond donors (Lipinski definition) is 4. The maximum Gasteiger partial charge on any atom is 0.219 e. The summed E-state index contributed by atoms with van der Waals surface area (Å²) in [7, 11) is 8.20. The molecule has 1 aliphatic rings. The lowest BCUT2D eigenvalue weighted by Crippen LogP contribution is -2.39. The molecule has 0 amide bonds. The number of rotatable bonds is 0. The summed E-state index contributed by atoms with van der Waals surface area (Å²) in [4.78, 5) is 0. The van der Waals surface area contributed by atoms with Crippen LogP contribution in [0, 0.1) is 0 Å². The molecule has 0 unspecified atom stereocenters. The van der Waals surface area contributed by atoms with Crippen molar-refractivity contribution in [1.29, 1.82) is 0 Å². The summed E-state index contributed by atoms with van der Waals surface area (Å²) in [5.41, 5.74) is 0. The van der Waals surface area contributed by atoms with Gasteiger partial charge in [0.1, 0.15) is 0 Å². The van der Waals surface area contributed by atoms with Gasteiger partial charge >= 0.3 is 0 Å². The van der Waals surface area contributed by atoms with Crippen LogP contribution in [-0.4, -0.2) is 55.6 Å². The lowest BCUT2D eigenvalue weighted by Gasteiger charge is -2.07. The van der Waals surface area contributed by atoms with Crippen molar-refractivity contribution >= 4 is 29.7 Å². The zero-order chi connectivity index (χ0) is 9.90. The SMILES string of the molecule is [B]1C[B]NC[B]NCCCN[B]CN1. The van der Waals surface area contributed by atoms with Gasteiger partial charge in [-0.3, -0.25) is 0 Å². The zero-order valence-corrected chi connectivity index (χ0v) is 8.55. The summed E-state index contributed by atoms with van der Waals surface area (Å²) >= 11 is 0. The van der Waals surface area contributed by atoms with Crippen LogP contribution in [0.1, 0.15) is 6.42 Å². The van der Waals surface area contributed by atoms with Crippen LogP contribution in [0.25, 0.3) is 0 Å². The molecular weight excluding hydrogens is 171 g/mol. The third-order valence-electron chi connectivity index (χ3n) is 1.90. The lowest BCUT2D eigenvalue weighted by atomic mass is 9.67. The van der Waals surface area contributed by atoms with E-state index < -0.39 is 0 Å². The van der Waals surface area contributed by atoms with Crippen LogP contribution in [0.2, 0.25) is 6.22 Å². The van der Waals surface area contributed by atoms with Crippen molar-refractivity contribution in [2.75, 3.05) is 26.0 Å². The van der Waals surface area contributed by atoms with E-state index in [4.69, 9.17) is 0 Å². The van der Waals surface area contributed by atoms with Crippen molar-refractivity contribution in [2.24, 2.45) is 0 Å². The van der Waals surface area contributed by atoms with Gasteiger partial charge in [0, 0.05) is 0 Å². The van der Waals surface area contributed by atoms with Gasteiger partial charge in [0.2, 0.25) is 14.8 Å². The lowest BCUT2D eigenvalue weighted by molar-refractivity contribution is 0.757.